The van der Waals surface area contributed by atoms with E-state index < -0.39 is 38.0 Å². The lowest BCUT2D eigenvalue weighted by molar-refractivity contribution is -0.384. The van der Waals surface area contributed by atoms with Crippen LogP contribution in [0.5, 0.6) is 0 Å². The number of rotatable bonds is 21. The van der Waals surface area contributed by atoms with Crippen LogP contribution < -0.4 is 11.4 Å². The van der Waals surface area contributed by atoms with Gasteiger partial charge in [-0.25, -0.2) is 31.6 Å². The van der Waals surface area contributed by atoms with Gasteiger partial charge in [0.05, 0.1) is 15.5 Å². The molecular formula is C32H46ClN5O6S. The number of aromatic nitrogens is 3. The maximum absolute atomic E-state index is 13.3. The molecular weight excluding hydrogens is 618 g/mol. The van der Waals surface area contributed by atoms with Crippen molar-refractivity contribution < 1.29 is 13.3 Å². The van der Waals surface area contributed by atoms with Crippen molar-refractivity contribution in [2.24, 2.45) is 0 Å². The second kappa shape index (κ2) is 18.1. The minimum atomic E-state index is -4.04. The Labute approximate surface area is 270 Å². The number of nitrogens with zero attached hydrogens (tertiary/aromatic N) is 5. The largest absolute Gasteiger partial charge is 0.356 e. The summed E-state index contributed by atoms with van der Waals surface area (Å²) in [5, 5.41) is 12.1. The van der Waals surface area contributed by atoms with Crippen molar-refractivity contribution in [1.29, 1.82) is 0 Å². The lowest BCUT2D eigenvalue weighted by Crippen LogP contribution is -2.28. The molecule has 0 bridgehead atoms. The first-order chi connectivity index (χ1) is 21.6. The van der Waals surface area contributed by atoms with E-state index in [4.69, 9.17) is 11.6 Å². The number of sulfonamides is 1. The Morgan fingerprint density at radius 2 is 1.33 bits per heavy atom. The van der Waals surface area contributed by atoms with Crippen LogP contribution in [0.25, 0.3) is 11.4 Å². The van der Waals surface area contributed by atoms with E-state index in [0.29, 0.717) is 6.42 Å². The Bertz CT molecular complexity index is 1600. The van der Waals surface area contributed by atoms with Crippen LogP contribution >= 0.6 is 11.6 Å². The van der Waals surface area contributed by atoms with Gasteiger partial charge in [-0.3, -0.25) is 10.1 Å². The molecule has 2 aromatic carbocycles. The standard InChI is InChI=1S/C32H46ClN5O6S/c1-3-4-5-6-7-8-9-10-11-12-13-14-15-19-24-34(2)45(43,44)28-22-23-29(30(25-28)38(41)42)37-32(40)36(31(39)35(37)26-33)27-20-17-16-18-21-27/h16-18,20-23,25H,3-15,19,24,26H2,1-2H3. The van der Waals surface area contributed by atoms with Crippen LogP contribution in [-0.2, 0) is 16.0 Å². The highest BCUT2D eigenvalue weighted by Gasteiger charge is 2.28. The zero-order valence-electron chi connectivity index (χ0n) is 26.4. The number of nitro groups is 1. The maximum atomic E-state index is 13.3. The van der Waals surface area contributed by atoms with E-state index in [2.05, 4.69) is 6.92 Å². The Morgan fingerprint density at radius 3 is 1.84 bits per heavy atom. The summed E-state index contributed by atoms with van der Waals surface area (Å²) in [5.41, 5.74) is -2.32. The van der Waals surface area contributed by atoms with Crippen LogP contribution in [0.1, 0.15) is 96.8 Å². The van der Waals surface area contributed by atoms with Crippen LogP contribution in [0.2, 0.25) is 0 Å². The van der Waals surface area contributed by atoms with Gasteiger partial charge in [-0.05, 0) is 30.7 Å². The van der Waals surface area contributed by atoms with Crippen LogP contribution in [0, 0.1) is 10.1 Å². The highest BCUT2D eigenvalue weighted by molar-refractivity contribution is 7.89. The lowest BCUT2D eigenvalue weighted by atomic mass is 10.0. The zero-order valence-corrected chi connectivity index (χ0v) is 28.0. The molecule has 13 heteroatoms. The molecule has 0 N–H and O–H groups in total. The van der Waals surface area contributed by atoms with Gasteiger partial charge >= 0.3 is 11.4 Å². The minimum absolute atomic E-state index is 0.261. The zero-order chi connectivity index (χ0) is 32.8. The van der Waals surface area contributed by atoms with Crippen molar-refractivity contribution in [1.82, 2.24) is 18.2 Å². The van der Waals surface area contributed by atoms with E-state index in [1.807, 2.05) is 0 Å². The fraction of sp³-hybridized carbons (Fsp3) is 0.562. The molecule has 3 aromatic rings. The molecule has 248 valence electrons. The van der Waals surface area contributed by atoms with E-state index in [-0.39, 0.29) is 22.8 Å². The van der Waals surface area contributed by atoms with Crippen molar-refractivity contribution in [2.45, 2.75) is 108 Å². The van der Waals surface area contributed by atoms with Crippen molar-refractivity contribution in [3.8, 4) is 11.4 Å². The molecule has 0 saturated carbocycles. The normalized spacial score (nSPS) is 11.8. The minimum Gasteiger partial charge on any atom is -0.258 e. The number of nitro benzene ring substituents is 1. The Balaban J connectivity index is 1.60. The molecule has 0 saturated heterocycles. The van der Waals surface area contributed by atoms with Gasteiger partial charge in [0, 0.05) is 19.7 Å². The first kappa shape index (κ1) is 36.3. The summed E-state index contributed by atoms with van der Waals surface area (Å²) in [6.07, 6.45) is 16.7. The first-order valence-corrected chi connectivity index (χ1v) is 17.9. The van der Waals surface area contributed by atoms with Gasteiger partial charge < -0.3 is 0 Å². The van der Waals surface area contributed by atoms with Crippen molar-refractivity contribution >= 4 is 27.3 Å². The van der Waals surface area contributed by atoms with Crippen LogP contribution in [0.4, 0.5) is 5.69 Å². The van der Waals surface area contributed by atoms with Crippen LogP contribution in [0.3, 0.4) is 0 Å². The van der Waals surface area contributed by atoms with Gasteiger partial charge in [0.15, 0.2) is 0 Å². The average Bonchev–Trinajstić information content (AvgIpc) is 3.29. The topological polar surface area (TPSA) is 129 Å². The molecule has 0 fully saturated rings. The molecule has 0 atom stereocenters. The highest BCUT2D eigenvalue weighted by Crippen LogP contribution is 2.27. The predicted molar refractivity (Wildman–Crippen MR) is 178 cm³/mol. The molecule has 0 aliphatic carbocycles. The number of benzene rings is 2. The van der Waals surface area contributed by atoms with E-state index in [1.54, 1.807) is 30.3 Å². The summed E-state index contributed by atoms with van der Waals surface area (Å²) in [6, 6.07) is 10.9. The number of alkyl halides is 1. The fourth-order valence-electron chi connectivity index (χ4n) is 5.43. The Kier molecular flexibility index (Phi) is 14.5. The van der Waals surface area contributed by atoms with Crippen molar-refractivity contribution in [2.75, 3.05) is 13.6 Å². The summed E-state index contributed by atoms with van der Waals surface area (Å²) < 4.78 is 30.3. The second-order valence-corrected chi connectivity index (χ2v) is 13.7. The van der Waals surface area contributed by atoms with Gasteiger partial charge in [-0.1, -0.05) is 109 Å². The van der Waals surface area contributed by atoms with Crippen molar-refractivity contribution in [3.63, 3.8) is 0 Å². The van der Waals surface area contributed by atoms with Gasteiger partial charge in [-0.15, -0.1) is 11.6 Å². The van der Waals surface area contributed by atoms with Gasteiger partial charge in [0.1, 0.15) is 11.7 Å². The summed E-state index contributed by atoms with van der Waals surface area (Å²) in [4.78, 5) is 37.4. The first-order valence-electron chi connectivity index (χ1n) is 16.0. The third-order valence-electron chi connectivity index (χ3n) is 8.06. The molecule has 0 amide bonds. The maximum Gasteiger partial charge on any atom is 0.356 e. The third kappa shape index (κ3) is 9.64. The van der Waals surface area contributed by atoms with E-state index in [0.717, 1.165) is 45.3 Å². The predicted octanol–water partition coefficient (Wildman–Crippen LogP) is 7.00. The molecule has 0 aliphatic rings. The van der Waals surface area contributed by atoms with Gasteiger partial charge in [-0.2, -0.15) is 4.68 Å². The number of unbranched alkanes of at least 4 members (excludes halogenated alkanes) is 13. The van der Waals surface area contributed by atoms with Gasteiger partial charge in [0.25, 0.3) is 5.69 Å². The van der Waals surface area contributed by atoms with E-state index in [1.165, 1.54) is 81.6 Å². The molecule has 0 radical (unpaired) electrons. The van der Waals surface area contributed by atoms with E-state index in [9.17, 15) is 28.1 Å². The average molecular weight is 664 g/mol. The van der Waals surface area contributed by atoms with Crippen LogP contribution in [0.15, 0.2) is 63.0 Å². The molecule has 0 unspecified atom stereocenters. The number of hydrogen-bond acceptors (Lipinski definition) is 6. The summed E-state index contributed by atoms with van der Waals surface area (Å²) in [6.45, 7) is 2.51. The molecule has 1 aromatic heterocycles. The van der Waals surface area contributed by atoms with E-state index >= 15 is 0 Å². The van der Waals surface area contributed by atoms with Gasteiger partial charge in [0.2, 0.25) is 10.0 Å². The Hall–Kier alpha value is -3.22. The number of halogens is 1. The number of para-hydroxylation sites is 1. The lowest BCUT2D eigenvalue weighted by Gasteiger charge is -2.17. The fourth-order valence-corrected chi connectivity index (χ4v) is 6.87. The quantitative estimate of drug-likeness (QED) is 0.0522. The summed E-state index contributed by atoms with van der Waals surface area (Å²) >= 11 is 5.99. The molecule has 3 rings (SSSR count). The third-order valence-corrected chi connectivity index (χ3v) is 10.1. The number of hydrogen-bond donors (Lipinski definition) is 0. The SMILES string of the molecule is CCCCCCCCCCCCCCCCN(C)S(=O)(=O)c1ccc(-n2c(=O)n(-c3ccccc3)c(=O)n2CCl)c([N+](=O)[O-])c1. The molecule has 0 aliphatic heterocycles. The Morgan fingerprint density at radius 1 is 0.800 bits per heavy atom. The molecule has 1 heterocycles. The summed E-state index contributed by atoms with van der Waals surface area (Å²) in [7, 11) is -2.59. The van der Waals surface area contributed by atoms with Crippen molar-refractivity contribution in [3.05, 3.63) is 79.6 Å². The molecule has 0 spiro atoms. The second-order valence-electron chi connectivity index (χ2n) is 11.4. The smallest absolute Gasteiger partial charge is 0.258 e. The van der Waals surface area contributed by atoms with Crippen LogP contribution in [-0.4, -0.2) is 45.2 Å². The molecule has 45 heavy (non-hydrogen) atoms. The summed E-state index contributed by atoms with van der Waals surface area (Å²) in [5.74, 6) is 0. The monoisotopic (exact) mass is 663 g/mol. The highest BCUT2D eigenvalue weighted by atomic mass is 35.5. The molecule has 11 nitrogen and oxygen atoms in total.